The van der Waals surface area contributed by atoms with E-state index in [2.05, 4.69) is 10.6 Å². The summed E-state index contributed by atoms with van der Waals surface area (Å²) in [6.45, 7) is 2.05. The molecule has 0 aromatic heterocycles. The Labute approximate surface area is 101 Å². The Bertz CT molecular complexity index is 387. The molecule has 1 saturated heterocycles. The molecule has 1 aromatic rings. The Hall–Kier alpha value is -1.55. The smallest absolute Gasteiger partial charge is 0.339 e. The van der Waals surface area contributed by atoms with E-state index in [1.54, 1.807) is 6.07 Å². The van der Waals surface area contributed by atoms with Gasteiger partial charge in [0.15, 0.2) is 0 Å². The average Bonchev–Trinajstić information content (AvgIpc) is 2.40. The summed E-state index contributed by atoms with van der Waals surface area (Å²) in [5.74, 6) is -0.290. The van der Waals surface area contributed by atoms with Crippen molar-refractivity contribution in [2.75, 3.05) is 25.5 Å². The quantitative estimate of drug-likeness (QED) is 0.781. The molecule has 92 valence electrons. The standard InChI is InChI=1S/C13H18N2O2/c1-17-13(16)11-4-2-3-5-12(11)15-10-6-8-14-9-7-10/h2-5,10,14-15H,6-9H2,1H3. The van der Waals surface area contributed by atoms with Gasteiger partial charge in [-0.25, -0.2) is 4.79 Å². The van der Waals surface area contributed by atoms with Gasteiger partial charge in [0.2, 0.25) is 0 Å². The number of rotatable bonds is 3. The third-order valence-corrected chi connectivity index (χ3v) is 3.03. The number of nitrogens with one attached hydrogen (secondary N) is 2. The number of benzene rings is 1. The van der Waals surface area contributed by atoms with E-state index in [0.29, 0.717) is 11.6 Å². The van der Waals surface area contributed by atoms with E-state index in [-0.39, 0.29) is 5.97 Å². The molecule has 0 amide bonds. The number of hydrogen-bond donors (Lipinski definition) is 2. The summed E-state index contributed by atoms with van der Waals surface area (Å²) in [7, 11) is 1.41. The van der Waals surface area contributed by atoms with Crippen LogP contribution in [-0.2, 0) is 4.74 Å². The zero-order valence-corrected chi connectivity index (χ0v) is 10.0. The maximum Gasteiger partial charge on any atom is 0.339 e. The summed E-state index contributed by atoms with van der Waals surface area (Å²) in [5, 5.41) is 6.74. The summed E-state index contributed by atoms with van der Waals surface area (Å²) in [4.78, 5) is 11.6. The molecular formula is C13H18N2O2. The first-order valence-corrected chi connectivity index (χ1v) is 5.96. The minimum absolute atomic E-state index is 0.290. The third kappa shape index (κ3) is 2.97. The topological polar surface area (TPSA) is 50.4 Å². The molecule has 0 saturated carbocycles. The molecule has 0 spiro atoms. The van der Waals surface area contributed by atoms with Crippen molar-refractivity contribution in [3.8, 4) is 0 Å². The number of carbonyl (C=O) groups excluding carboxylic acids is 1. The molecule has 0 radical (unpaired) electrons. The van der Waals surface area contributed by atoms with Crippen molar-refractivity contribution in [3.05, 3.63) is 29.8 Å². The van der Waals surface area contributed by atoms with Crippen molar-refractivity contribution in [2.45, 2.75) is 18.9 Å². The molecule has 1 fully saturated rings. The van der Waals surface area contributed by atoms with Crippen LogP contribution in [0.5, 0.6) is 0 Å². The van der Waals surface area contributed by atoms with Gasteiger partial charge in [-0.2, -0.15) is 0 Å². The lowest BCUT2D eigenvalue weighted by Crippen LogP contribution is -2.35. The second-order valence-corrected chi connectivity index (χ2v) is 4.21. The van der Waals surface area contributed by atoms with Crippen LogP contribution in [0.25, 0.3) is 0 Å². The van der Waals surface area contributed by atoms with Crippen LogP contribution in [-0.4, -0.2) is 32.2 Å². The first kappa shape index (κ1) is 11.9. The molecule has 4 heteroatoms. The van der Waals surface area contributed by atoms with Crippen LogP contribution in [0, 0.1) is 0 Å². The van der Waals surface area contributed by atoms with Gasteiger partial charge in [-0.05, 0) is 38.1 Å². The van der Waals surface area contributed by atoms with Gasteiger partial charge in [0.05, 0.1) is 12.7 Å². The average molecular weight is 234 g/mol. The number of ether oxygens (including phenoxy) is 1. The van der Waals surface area contributed by atoms with Crippen molar-refractivity contribution >= 4 is 11.7 Å². The second-order valence-electron chi connectivity index (χ2n) is 4.21. The molecule has 1 aliphatic rings. The Morgan fingerprint density at radius 1 is 1.35 bits per heavy atom. The zero-order valence-electron chi connectivity index (χ0n) is 10.0. The van der Waals surface area contributed by atoms with Crippen LogP contribution in [0.3, 0.4) is 0 Å². The molecule has 1 aliphatic heterocycles. The van der Waals surface area contributed by atoms with Crippen molar-refractivity contribution in [3.63, 3.8) is 0 Å². The number of para-hydroxylation sites is 1. The van der Waals surface area contributed by atoms with Gasteiger partial charge in [0, 0.05) is 11.7 Å². The molecule has 0 unspecified atom stereocenters. The second kappa shape index (κ2) is 5.68. The lowest BCUT2D eigenvalue weighted by Gasteiger charge is -2.25. The fourth-order valence-electron chi connectivity index (χ4n) is 2.08. The number of anilines is 1. The van der Waals surface area contributed by atoms with Gasteiger partial charge in [-0.3, -0.25) is 0 Å². The van der Waals surface area contributed by atoms with Crippen LogP contribution in [0.4, 0.5) is 5.69 Å². The molecular weight excluding hydrogens is 216 g/mol. The maximum atomic E-state index is 11.6. The Morgan fingerprint density at radius 2 is 2.06 bits per heavy atom. The van der Waals surface area contributed by atoms with E-state index in [9.17, 15) is 4.79 Å². The van der Waals surface area contributed by atoms with Crippen LogP contribution in [0.15, 0.2) is 24.3 Å². The van der Waals surface area contributed by atoms with Crippen molar-refractivity contribution < 1.29 is 9.53 Å². The summed E-state index contributed by atoms with van der Waals surface area (Å²) >= 11 is 0. The minimum Gasteiger partial charge on any atom is -0.465 e. The van der Waals surface area contributed by atoms with Gasteiger partial charge in [-0.1, -0.05) is 12.1 Å². The van der Waals surface area contributed by atoms with Gasteiger partial charge in [0.1, 0.15) is 0 Å². The number of methoxy groups -OCH3 is 1. The fraction of sp³-hybridized carbons (Fsp3) is 0.462. The molecule has 0 aliphatic carbocycles. The van der Waals surface area contributed by atoms with E-state index in [4.69, 9.17) is 4.74 Å². The fourth-order valence-corrected chi connectivity index (χ4v) is 2.08. The van der Waals surface area contributed by atoms with E-state index in [1.807, 2.05) is 18.2 Å². The SMILES string of the molecule is COC(=O)c1ccccc1NC1CCNCC1. The zero-order chi connectivity index (χ0) is 12.1. The normalized spacial score (nSPS) is 16.5. The van der Waals surface area contributed by atoms with Crippen LogP contribution >= 0.6 is 0 Å². The first-order chi connectivity index (χ1) is 8.31. The first-order valence-electron chi connectivity index (χ1n) is 5.96. The molecule has 0 bridgehead atoms. The molecule has 2 rings (SSSR count). The lowest BCUT2D eigenvalue weighted by molar-refractivity contribution is 0.0602. The van der Waals surface area contributed by atoms with Crippen molar-refractivity contribution in [1.82, 2.24) is 5.32 Å². The highest BCUT2D eigenvalue weighted by molar-refractivity contribution is 5.95. The number of carbonyl (C=O) groups is 1. The highest BCUT2D eigenvalue weighted by Gasteiger charge is 2.16. The maximum absolute atomic E-state index is 11.6. The third-order valence-electron chi connectivity index (χ3n) is 3.03. The van der Waals surface area contributed by atoms with E-state index in [1.165, 1.54) is 7.11 Å². The van der Waals surface area contributed by atoms with E-state index >= 15 is 0 Å². The molecule has 2 N–H and O–H groups in total. The number of hydrogen-bond acceptors (Lipinski definition) is 4. The monoisotopic (exact) mass is 234 g/mol. The predicted octanol–water partition coefficient (Wildman–Crippen LogP) is 1.64. The lowest BCUT2D eigenvalue weighted by atomic mass is 10.1. The van der Waals surface area contributed by atoms with Crippen LogP contribution < -0.4 is 10.6 Å². The van der Waals surface area contributed by atoms with Gasteiger partial charge in [0.25, 0.3) is 0 Å². The summed E-state index contributed by atoms with van der Waals surface area (Å²) < 4.78 is 4.77. The van der Waals surface area contributed by atoms with E-state index in [0.717, 1.165) is 31.6 Å². The molecule has 0 atom stereocenters. The molecule has 1 aromatic carbocycles. The highest BCUT2D eigenvalue weighted by Crippen LogP contribution is 2.19. The Kier molecular flexibility index (Phi) is 3.98. The van der Waals surface area contributed by atoms with E-state index < -0.39 is 0 Å². The molecule has 17 heavy (non-hydrogen) atoms. The summed E-state index contributed by atoms with van der Waals surface area (Å²) in [6, 6.07) is 7.92. The predicted molar refractivity (Wildman–Crippen MR) is 67.3 cm³/mol. The van der Waals surface area contributed by atoms with Crippen molar-refractivity contribution in [1.29, 1.82) is 0 Å². The van der Waals surface area contributed by atoms with Gasteiger partial charge in [-0.15, -0.1) is 0 Å². The van der Waals surface area contributed by atoms with Crippen LogP contribution in [0.1, 0.15) is 23.2 Å². The largest absolute Gasteiger partial charge is 0.465 e. The molecule has 4 nitrogen and oxygen atoms in total. The Morgan fingerprint density at radius 3 is 2.76 bits per heavy atom. The van der Waals surface area contributed by atoms with Gasteiger partial charge >= 0.3 is 5.97 Å². The Balaban J connectivity index is 2.11. The minimum atomic E-state index is -0.290. The van der Waals surface area contributed by atoms with Crippen molar-refractivity contribution in [2.24, 2.45) is 0 Å². The van der Waals surface area contributed by atoms with Crippen LogP contribution in [0.2, 0.25) is 0 Å². The summed E-state index contributed by atoms with van der Waals surface area (Å²) in [6.07, 6.45) is 2.16. The highest BCUT2D eigenvalue weighted by atomic mass is 16.5. The number of piperidine rings is 1. The number of esters is 1. The van der Waals surface area contributed by atoms with Gasteiger partial charge < -0.3 is 15.4 Å². The molecule has 1 heterocycles. The summed E-state index contributed by atoms with van der Waals surface area (Å²) in [5.41, 5.74) is 1.47.